The van der Waals surface area contributed by atoms with Gasteiger partial charge in [-0.25, -0.2) is 4.98 Å². The van der Waals surface area contributed by atoms with Crippen molar-refractivity contribution in [3.8, 4) is 0 Å². The number of piperazine rings is 1. The molecule has 2 aliphatic rings. The van der Waals surface area contributed by atoms with E-state index in [1.54, 1.807) is 19.9 Å². The van der Waals surface area contributed by atoms with Crippen LogP contribution in [0.5, 0.6) is 0 Å². The number of aryl methyl sites for hydroxylation is 1. The third-order valence-corrected chi connectivity index (χ3v) is 7.68. The second-order valence-electron chi connectivity index (χ2n) is 6.53. The highest BCUT2D eigenvalue weighted by Crippen LogP contribution is 2.17. The van der Waals surface area contributed by atoms with E-state index in [-0.39, 0.29) is 0 Å². The summed E-state index contributed by atoms with van der Waals surface area (Å²) in [6.45, 7) is 7.51. The van der Waals surface area contributed by atoms with Crippen molar-refractivity contribution in [2.45, 2.75) is 32.7 Å². The normalized spacial score (nSPS) is 21.6. The lowest BCUT2D eigenvalue weighted by molar-refractivity contribution is 0.0683. The quantitative estimate of drug-likeness (QED) is 0.702. The molecule has 1 aromatic heterocycles. The van der Waals surface area contributed by atoms with E-state index in [1.807, 2.05) is 0 Å². The maximum Gasteiger partial charge on any atom is 0.282 e. The first-order chi connectivity index (χ1) is 12.1. The minimum absolute atomic E-state index is 0.460. The molecule has 25 heavy (non-hydrogen) atoms. The maximum atomic E-state index is 12.7. The van der Waals surface area contributed by atoms with Gasteiger partial charge in [-0.2, -0.15) is 17.0 Å². The van der Waals surface area contributed by atoms with Crippen molar-refractivity contribution in [2.24, 2.45) is 0 Å². The number of ether oxygens (including phenoxy) is 1. The van der Waals surface area contributed by atoms with Crippen molar-refractivity contribution >= 4 is 21.5 Å². The summed E-state index contributed by atoms with van der Waals surface area (Å²) < 4.78 is 33.8. The average molecular weight is 389 g/mol. The fourth-order valence-corrected chi connectivity index (χ4v) is 5.55. The molecule has 0 unspecified atom stereocenters. The fraction of sp³-hybridized carbons (Fsp3) is 0.812. The van der Waals surface area contributed by atoms with Gasteiger partial charge in [0.15, 0.2) is 0 Å². The molecule has 7 nitrogen and oxygen atoms in total. The Morgan fingerprint density at radius 1 is 1.12 bits per heavy atom. The molecule has 9 heteroatoms. The number of thiazole rings is 1. The smallest absolute Gasteiger partial charge is 0.282 e. The molecule has 0 N–H and O–H groups in total. The minimum Gasteiger partial charge on any atom is -0.379 e. The standard InChI is InChI=1S/C16H28N4O3S2/c1-2-3-4-16-17-15(14-24-16)13-18-5-7-19(8-6-18)25(21,22)20-9-11-23-12-10-20/h14H,2-13H2,1H3. The highest BCUT2D eigenvalue weighted by atomic mass is 32.2. The van der Waals surface area contributed by atoms with Crippen LogP contribution >= 0.6 is 11.3 Å². The number of rotatable bonds is 7. The highest BCUT2D eigenvalue weighted by Gasteiger charge is 2.33. The van der Waals surface area contributed by atoms with Crippen LogP contribution in [0.15, 0.2) is 5.38 Å². The third kappa shape index (κ3) is 4.99. The molecular weight excluding hydrogens is 360 g/mol. The Hall–Kier alpha value is -0.580. The molecule has 0 spiro atoms. The van der Waals surface area contributed by atoms with Crippen LogP contribution in [-0.2, 0) is 27.9 Å². The van der Waals surface area contributed by atoms with Gasteiger partial charge in [0.2, 0.25) is 0 Å². The SMILES string of the molecule is CCCCc1nc(CN2CCN(S(=O)(=O)N3CCOCC3)CC2)cs1. The van der Waals surface area contributed by atoms with Crippen LogP contribution in [0.1, 0.15) is 30.5 Å². The molecule has 2 fully saturated rings. The largest absolute Gasteiger partial charge is 0.379 e. The lowest BCUT2D eigenvalue weighted by Crippen LogP contribution is -2.54. The van der Waals surface area contributed by atoms with Crippen LogP contribution < -0.4 is 0 Å². The van der Waals surface area contributed by atoms with E-state index in [2.05, 4.69) is 17.2 Å². The summed E-state index contributed by atoms with van der Waals surface area (Å²) >= 11 is 1.74. The predicted molar refractivity (Wildman–Crippen MR) is 98.9 cm³/mol. The number of morpholine rings is 1. The maximum absolute atomic E-state index is 12.7. The van der Waals surface area contributed by atoms with Gasteiger partial charge in [-0.15, -0.1) is 11.3 Å². The van der Waals surface area contributed by atoms with Crippen molar-refractivity contribution < 1.29 is 13.2 Å². The van der Waals surface area contributed by atoms with Gasteiger partial charge < -0.3 is 4.74 Å². The van der Waals surface area contributed by atoms with E-state index in [4.69, 9.17) is 9.72 Å². The fourth-order valence-electron chi connectivity index (χ4n) is 3.15. The topological polar surface area (TPSA) is 66.0 Å². The summed E-state index contributed by atoms with van der Waals surface area (Å²) in [6, 6.07) is 0. The van der Waals surface area contributed by atoms with Gasteiger partial charge >= 0.3 is 0 Å². The van der Waals surface area contributed by atoms with E-state index in [9.17, 15) is 8.42 Å². The Balaban J connectivity index is 1.49. The minimum atomic E-state index is -3.34. The second-order valence-corrected chi connectivity index (χ2v) is 9.40. The van der Waals surface area contributed by atoms with Gasteiger partial charge in [-0.3, -0.25) is 4.90 Å². The number of hydrogen-bond acceptors (Lipinski definition) is 6. The Morgan fingerprint density at radius 2 is 1.80 bits per heavy atom. The van der Waals surface area contributed by atoms with Gasteiger partial charge in [-0.05, 0) is 12.8 Å². The summed E-state index contributed by atoms with van der Waals surface area (Å²) in [5.74, 6) is 0. The van der Waals surface area contributed by atoms with Crippen LogP contribution in [0.2, 0.25) is 0 Å². The predicted octanol–water partition coefficient (Wildman–Crippen LogP) is 1.18. The van der Waals surface area contributed by atoms with E-state index >= 15 is 0 Å². The molecular formula is C16H28N4O3S2. The molecule has 0 radical (unpaired) electrons. The Morgan fingerprint density at radius 3 is 2.48 bits per heavy atom. The van der Waals surface area contributed by atoms with E-state index in [0.29, 0.717) is 39.4 Å². The van der Waals surface area contributed by atoms with Gasteiger partial charge in [-0.1, -0.05) is 13.3 Å². The summed E-state index contributed by atoms with van der Waals surface area (Å²) in [6.07, 6.45) is 3.44. The third-order valence-electron chi connectivity index (χ3n) is 4.68. The van der Waals surface area contributed by atoms with Gasteiger partial charge in [0.05, 0.1) is 23.9 Å². The Kier molecular flexibility index (Phi) is 6.81. The van der Waals surface area contributed by atoms with Crippen molar-refractivity contribution in [3.63, 3.8) is 0 Å². The van der Waals surface area contributed by atoms with Gasteiger partial charge in [0, 0.05) is 51.2 Å². The number of unbranched alkanes of at least 4 members (excludes halogenated alkanes) is 1. The van der Waals surface area contributed by atoms with Crippen LogP contribution in [0.3, 0.4) is 0 Å². The molecule has 2 aliphatic heterocycles. The first-order valence-electron chi connectivity index (χ1n) is 9.08. The monoisotopic (exact) mass is 388 g/mol. The van der Waals surface area contributed by atoms with Crippen LogP contribution in [0, 0.1) is 0 Å². The number of aromatic nitrogens is 1. The lowest BCUT2D eigenvalue weighted by atomic mass is 10.3. The molecule has 0 aliphatic carbocycles. The summed E-state index contributed by atoms with van der Waals surface area (Å²) in [5.41, 5.74) is 1.11. The molecule has 1 aromatic rings. The van der Waals surface area contributed by atoms with Crippen LogP contribution in [0.4, 0.5) is 0 Å². The summed E-state index contributed by atoms with van der Waals surface area (Å²) in [4.78, 5) is 7.00. The van der Waals surface area contributed by atoms with E-state index < -0.39 is 10.2 Å². The lowest BCUT2D eigenvalue weighted by Gasteiger charge is -2.37. The molecule has 2 saturated heterocycles. The average Bonchev–Trinajstić information content (AvgIpc) is 3.08. The molecule has 142 valence electrons. The van der Waals surface area contributed by atoms with Crippen molar-refractivity contribution in [1.29, 1.82) is 0 Å². The van der Waals surface area contributed by atoms with Crippen molar-refractivity contribution in [2.75, 3.05) is 52.5 Å². The number of nitrogens with zero attached hydrogens (tertiary/aromatic N) is 4. The molecule has 3 heterocycles. The van der Waals surface area contributed by atoms with E-state index in [0.717, 1.165) is 31.7 Å². The highest BCUT2D eigenvalue weighted by molar-refractivity contribution is 7.86. The van der Waals surface area contributed by atoms with Crippen LogP contribution in [0.25, 0.3) is 0 Å². The molecule has 0 saturated carbocycles. The molecule has 0 aromatic carbocycles. The molecule has 0 atom stereocenters. The van der Waals surface area contributed by atoms with Crippen molar-refractivity contribution in [3.05, 3.63) is 16.1 Å². The summed E-state index contributed by atoms with van der Waals surface area (Å²) in [5, 5.41) is 3.35. The van der Waals surface area contributed by atoms with Crippen LogP contribution in [-0.4, -0.2) is 79.4 Å². The van der Waals surface area contributed by atoms with Gasteiger partial charge in [0.25, 0.3) is 10.2 Å². The Labute approximate surface area is 154 Å². The van der Waals surface area contributed by atoms with Crippen molar-refractivity contribution in [1.82, 2.24) is 18.5 Å². The first kappa shape index (κ1) is 19.2. The number of hydrogen-bond donors (Lipinski definition) is 0. The van der Waals surface area contributed by atoms with Gasteiger partial charge in [0.1, 0.15) is 0 Å². The molecule has 0 bridgehead atoms. The first-order valence-corrected chi connectivity index (χ1v) is 11.4. The molecule has 3 rings (SSSR count). The second kappa shape index (κ2) is 8.88. The zero-order chi connectivity index (χ0) is 17.7. The molecule has 0 amide bonds. The summed E-state index contributed by atoms with van der Waals surface area (Å²) in [7, 11) is -3.34. The zero-order valence-corrected chi connectivity index (χ0v) is 16.5. The zero-order valence-electron chi connectivity index (χ0n) is 14.9. The van der Waals surface area contributed by atoms with E-state index in [1.165, 1.54) is 17.8 Å². The Bertz CT molecular complexity index is 636.